The molecule has 1 fully saturated rings. The molecule has 6 heteroatoms. The number of nitrogens with one attached hydrogen (secondary N) is 1. The number of aryl methyl sites for hydroxylation is 1. The topological polar surface area (TPSA) is 64.7 Å². The third-order valence-electron chi connectivity index (χ3n) is 2.77. The third-order valence-corrected chi connectivity index (χ3v) is 2.77. The van der Waals surface area contributed by atoms with E-state index in [1.165, 1.54) is 0 Å². The maximum absolute atomic E-state index is 12.1. The van der Waals surface area contributed by atoms with Crippen LogP contribution in [0.25, 0.3) is 0 Å². The van der Waals surface area contributed by atoms with Gasteiger partial charge in [-0.2, -0.15) is 5.10 Å². The number of rotatable bonds is 3. The van der Waals surface area contributed by atoms with E-state index in [-0.39, 0.29) is 5.56 Å². The fraction of sp³-hybridized carbons (Fsp3) is 0.364. The van der Waals surface area contributed by atoms with Crippen LogP contribution in [0.15, 0.2) is 29.5 Å². The van der Waals surface area contributed by atoms with Crippen molar-refractivity contribution in [2.24, 2.45) is 7.05 Å². The Labute approximate surface area is 97.9 Å². The number of hydrogen-bond acceptors (Lipinski definition) is 4. The Bertz CT molecular complexity index is 596. The molecule has 0 aromatic carbocycles. The average molecular weight is 231 g/mol. The molecular formula is C11H13N5O. The molecule has 17 heavy (non-hydrogen) atoms. The molecule has 0 radical (unpaired) electrons. The second-order valence-corrected chi connectivity index (χ2v) is 4.22. The van der Waals surface area contributed by atoms with Crippen molar-refractivity contribution in [3.8, 4) is 0 Å². The fourth-order valence-electron chi connectivity index (χ4n) is 1.75. The molecule has 1 aliphatic rings. The van der Waals surface area contributed by atoms with Crippen molar-refractivity contribution in [2.45, 2.75) is 18.9 Å². The normalized spacial score (nSPS) is 14.9. The maximum atomic E-state index is 12.1. The highest BCUT2D eigenvalue weighted by molar-refractivity contribution is 5.49. The summed E-state index contributed by atoms with van der Waals surface area (Å²) < 4.78 is 3.41. The Morgan fingerprint density at radius 2 is 2.24 bits per heavy atom. The molecule has 0 spiro atoms. The van der Waals surface area contributed by atoms with Crippen LogP contribution in [-0.2, 0) is 7.05 Å². The molecule has 1 saturated carbocycles. The van der Waals surface area contributed by atoms with Crippen LogP contribution in [-0.4, -0.2) is 19.3 Å². The van der Waals surface area contributed by atoms with Gasteiger partial charge in [0.1, 0.15) is 0 Å². The first kappa shape index (κ1) is 10.1. The van der Waals surface area contributed by atoms with E-state index in [0.29, 0.717) is 17.7 Å². The van der Waals surface area contributed by atoms with E-state index in [2.05, 4.69) is 15.4 Å². The van der Waals surface area contributed by atoms with E-state index in [1.807, 2.05) is 13.2 Å². The largest absolute Gasteiger partial charge is 0.319 e. The summed E-state index contributed by atoms with van der Waals surface area (Å²) in [5.41, 5.74) is -0.0827. The molecule has 88 valence electrons. The van der Waals surface area contributed by atoms with Gasteiger partial charge in [0.2, 0.25) is 0 Å². The summed E-state index contributed by atoms with van der Waals surface area (Å²) in [6.45, 7) is 0. The lowest BCUT2D eigenvalue weighted by molar-refractivity contribution is 0.700. The van der Waals surface area contributed by atoms with Crippen molar-refractivity contribution in [1.29, 1.82) is 0 Å². The summed E-state index contributed by atoms with van der Waals surface area (Å²) in [6.07, 6.45) is 7.35. The Hall–Kier alpha value is -2.11. The van der Waals surface area contributed by atoms with Gasteiger partial charge in [-0.3, -0.25) is 9.48 Å². The SMILES string of the molecule is Cn1ccc(Nc2nccn(C3CC3)c2=O)n1. The fourth-order valence-corrected chi connectivity index (χ4v) is 1.75. The zero-order valence-electron chi connectivity index (χ0n) is 9.50. The van der Waals surface area contributed by atoms with E-state index in [0.717, 1.165) is 12.8 Å². The Kier molecular flexibility index (Phi) is 2.21. The van der Waals surface area contributed by atoms with Crippen LogP contribution in [0.1, 0.15) is 18.9 Å². The number of aromatic nitrogens is 4. The Balaban J connectivity index is 1.92. The van der Waals surface area contributed by atoms with Crippen LogP contribution in [0, 0.1) is 0 Å². The minimum absolute atomic E-state index is 0.0827. The van der Waals surface area contributed by atoms with Crippen LogP contribution in [0.4, 0.5) is 11.6 Å². The van der Waals surface area contributed by atoms with Crippen molar-refractivity contribution >= 4 is 11.6 Å². The van der Waals surface area contributed by atoms with Gasteiger partial charge < -0.3 is 9.88 Å². The summed E-state index contributed by atoms with van der Waals surface area (Å²) in [5.74, 6) is 0.962. The second kappa shape index (κ2) is 3.73. The van der Waals surface area contributed by atoms with E-state index in [9.17, 15) is 4.79 Å². The molecule has 2 aromatic rings. The molecular weight excluding hydrogens is 218 g/mol. The maximum Gasteiger partial charge on any atom is 0.293 e. The van der Waals surface area contributed by atoms with E-state index in [1.54, 1.807) is 27.7 Å². The Morgan fingerprint density at radius 1 is 1.41 bits per heavy atom. The molecule has 1 N–H and O–H groups in total. The minimum atomic E-state index is -0.0827. The van der Waals surface area contributed by atoms with Gasteiger partial charge in [-0.05, 0) is 12.8 Å². The van der Waals surface area contributed by atoms with Gasteiger partial charge in [-0.1, -0.05) is 0 Å². The van der Waals surface area contributed by atoms with Crippen molar-refractivity contribution < 1.29 is 0 Å². The summed E-state index contributed by atoms with van der Waals surface area (Å²) in [7, 11) is 1.83. The molecule has 0 bridgehead atoms. The third kappa shape index (κ3) is 1.93. The van der Waals surface area contributed by atoms with Gasteiger partial charge in [0.05, 0.1) is 0 Å². The van der Waals surface area contributed by atoms with Crippen molar-refractivity contribution in [1.82, 2.24) is 19.3 Å². The summed E-state index contributed by atoms with van der Waals surface area (Å²) >= 11 is 0. The van der Waals surface area contributed by atoms with Gasteiger partial charge in [-0.15, -0.1) is 0 Å². The average Bonchev–Trinajstić information content (AvgIpc) is 3.06. The Morgan fingerprint density at radius 3 is 2.88 bits per heavy atom. The molecule has 6 nitrogen and oxygen atoms in total. The van der Waals surface area contributed by atoms with Crippen LogP contribution in [0.5, 0.6) is 0 Å². The molecule has 0 amide bonds. The first-order valence-electron chi connectivity index (χ1n) is 5.58. The quantitative estimate of drug-likeness (QED) is 0.857. The molecule has 3 rings (SSSR count). The minimum Gasteiger partial charge on any atom is -0.319 e. The first-order valence-corrected chi connectivity index (χ1v) is 5.58. The van der Waals surface area contributed by atoms with Gasteiger partial charge >= 0.3 is 0 Å². The number of nitrogens with zero attached hydrogens (tertiary/aromatic N) is 4. The van der Waals surface area contributed by atoms with Crippen molar-refractivity contribution in [3.05, 3.63) is 35.0 Å². The number of anilines is 2. The van der Waals surface area contributed by atoms with E-state index < -0.39 is 0 Å². The van der Waals surface area contributed by atoms with Crippen LogP contribution in [0.2, 0.25) is 0 Å². The summed E-state index contributed by atoms with van der Waals surface area (Å²) in [5, 5.41) is 7.09. The van der Waals surface area contributed by atoms with Crippen molar-refractivity contribution in [2.75, 3.05) is 5.32 Å². The molecule has 2 aromatic heterocycles. The predicted molar refractivity (Wildman–Crippen MR) is 63.3 cm³/mol. The predicted octanol–water partition coefficient (Wildman–Crippen LogP) is 1.06. The zero-order valence-corrected chi connectivity index (χ0v) is 9.50. The van der Waals surface area contributed by atoms with Gasteiger partial charge in [0.15, 0.2) is 11.6 Å². The lowest BCUT2D eigenvalue weighted by Crippen LogP contribution is -2.22. The van der Waals surface area contributed by atoms with Crippen LogP contribution >= 0.6 is 0 Å². The molecule has 0 unspecified atom stereocenters. The molecule has 0 saturated heterocycles. The van der Waals surface area contributed by atoms with Crippen molar-refractivity contribution in [3.63, 3.8) is 0 Å². The second-order valence-electron chi connectivity index (χ2n) is 4.22. The van der Waals surface area contributed by atoms with E-state index in [4.69, 9.17) is 0 Å². The smallest absolute Gasteiger partial charge is 0.293 e. The lowest BCUT2D eigenvalue weighted by Gasteiger charge is -2.05. The zero-order chi connectivity index (χ0) is 11.8. The summed E-state index contributed by atoms with van der Waals surface area (Å²) in [6, 6.07) is 2.16. The molecule has 2 heterocycles. The van der Waals surface area contributed by atoms with Gasteiger partial charge in [-0.25, -0.2) is 4.98 Å². The summed E-state index contributed by atoms with van der Waals surface area (Å²) in [4.78, 5) is 16.1. The highest BCUT2D eigenvalue weighted by Gasteiger charge is 2.25. The highest BCUT2D eigenvalue weighted by Crippen LogP contribution is 2.33. The van der Waals surface area contributed by atoms with Crippen LogP contribution in [0.3, 0.4) is 0 Å². The molecule has 0 aliphatic heterocycles. The standard InChI is InChI=1S/C11H13N5O/c1-15-6-4-9(14-15)13-10-11(17)16(7-5-12-10)8-2-3-8/h4-8H,2-3H2,1H3,(H,12,13,14). The van der Waals surface area contributed by atoms with Crippen LogP contribution < -0.4 is 10.9 Å². The highest BCUT2D eigenvalue weighted by atomic mass is 16.1. The molecule has 0 atom stereocenters. The van der Waals surface area contributed by atoms with E-state index >= 15 is 0 Å². The number of hydrogen-bond donors (Lipinski definition) is 1. The lowest BCUT2D eigenvalue weighted by atomic mass is 10.5. The first-order chi connectivity index (χ1) is 8.24. The molecule has 1 aliphatic carbocycles. The van der Waals surface area contributed by atoms with Gasteiger partial charge in [0.25, 0.3) is 5.56 Å². The van der Waals surface area contributed by atoms with Gasteiger partial charge in [0, 0.05) is 37.7 Å². The monoisotopic (exact) mass is 231 g/mol.